The lowest BCUT2D eigenvalue weighted by molar-refractivity contribution is 0.230. The van der Waals surface area contributed by atoms with Crippen LogP contribution < -0.4 is 0 Å². The smallest absolute Gasteiger partial charge is 0.0108 e. The van der Waals surface area contributed by atoms with Crippen LogP contribution in [0.15, 0.2) is 0 Å². The zero-order valence-electron chi connectivity index (χ0n) is 9.23. The van der Waals surface area contributed by atoms with Gasteiger partial charge in [-0.05, 0) is 38.9 Å². The summed E-state index contributed by atoms with van der Waals surface area (Å²) in [7, 11) is 2.20. The van der Waals surface area contributed by atoms with Gasteiger partial charge in [0.25, 0.3) is 0 Å². The first-order valence-electron chi connectivity index (χ1n) is 4.85. The summed E-state index contributed by atoms with van der Waals surface area (Å²) in [6, 6.07) is 0. The van der Waals surface area contributed by atoms with E-state index in [4.69, 9.17) is 0 Å². The number of nitrogens with zero attached hydrogens (tertiary/aromatic N) is 1. The zero-order valence-corrected chi connectivity index (χ0v) is 9.99. The molecule has 0 aromatic heterocycles. The Morgan fingerprint density at radius 3 is 1.67 bits per heavy atom. The minimum absolute atomic E-state index is 0.978. The lowest BCUT2D eigenvalue weighted by Gasteiger charge is -2.26. The number of hydrogen-bond acceptors (Lipinski definition) is 1. The fraction of sp³-hybridized carbons (Fsp3) is 1.00. The molecule has 1 saturated heterocycles. The topological polar surface area (TPSA) is 3.24 Å². The Balaban J connectivity index is 0. The van der Waals surface area contributed by atoms with Gasteiger partial charge in [-0.2, -0.15) is 0 Å². The summed E-state index contributed by atoms with van der Waals surface area (Å²) in [5.41, 5.74) is 0. The van der Waals surface area contributed by atoms with Gasteiger partial charge >= 0.3 is 0 Å². The molecule has 0 aromatic rings. The largest absolute Gasteiger partial charge is 0.306 e. The van der Waals surface area contributed by atoms with E-state index in [9.17, 15) is 0 Å². The number of halogens is 1. The van der Waals surface area contributed by atoms with Gasteiger partial charge < -0.3 is 4.90 Å². The molecule has 0 spiro atoms. The third-order valence-corrected chi connectivity index (χ3v) is 2.01. The predicted octanol–water partition coefficient (Wildman–Crippen LogP) is 3.23. The highest BCUT2D eigenvalue weighted by Crippen LogP contribution is 2.13. The van der Waals surface area contributed by atoms with Crippen molar-refractivity contribution < 1.29 is 0 Å². The lowest BCUT2D eigenvalue weighted by atomic mass is 10.00. The third kappa shape index (κ3) is 8.35. The summed E-state index contributed by atoms with van der Waals surface area (Å²) < 4.78 is 0. The van der Waals surface area contributed by atoms with Crippen molar-refractivity contribution in [2.45, 2.75) is 33.6 Å². The van der Waals surface area contributed by atoms with Crippen LogP contribution in [0.3, 0.4) is 0 Å². The first-order chi connectivity index (χ1) is 5.79. The Morgan fingerprint density at radius 2 is 1.42 bits per heavy atom. The number of alkyl halides is 1. The van der Waals surface area contributed by atoms with Crippen LogP contribution in [0, 0.1) is 5.92 Å². The Bertz CT molecular complexity index is 58.2. The average Bonchev–Trinajstić information content (AvgIpc) is 2.17. The first kappa shape index (κ1) is 14.8. The van der Waals surface area contributed by atoms with Crippen molar-refractivity contribution in [1.29, 1.82) is 0 Å². The van der Waals surface area contributed by atoms with Crippen molar-refractivity contribution in [3.63, 3.8) is 0 Å². The summed E-state index contributed by atoms with van der Waals surface area (Å²) in [5, 5.41) is 0. The lowest BCUT2D eigenvalue weighted by Crippen LogP contribution is -2.28. The fourth-order valence-electron chi connectivity index (χ4n) is 1.14. The summed E-state index contributed by atoms with van der Waals surface area (Å²) in [5.74, 6) is 0.978. The molecule has 1 aliphatic heterocycles. The molecule has 0 N–H and O–H groups in total. The van der Waals surface area contributed by atoms with Crippen LogP contribution in [0.4, 0.5) is 0 Å². The summed E-state index contributed by atoms with van der Waals surface area (Å²) >= 11 is 4.64. The van der Waals surface area contributed by atoms with E-state index in [1.807, 2.05) is 13.8 Å². The third-order valence-electron chi connectivity index (χ3n) is 2.01. The summed E-state index contributed by atoms with van der Waals surface area (Å²) in [6.45, 7) is 8.95. The minimum atomic E-state index is 0.978. The minimum Gasteiger partial charge on any atom is -0.306 e. The fourth-order valence-corrected chi connectivity index (χ4v) is 1.14. The standard InChI is InChI=1S/C7H15N.C2H6.CH3Cl/c1-7-3-5-8(2)6-4-7;2*1-2/h7H,3-6H2,1-2H3;1-2H3;1H3. The second-order valence-electron chi connectivity index (χ2n) is 2.99. The van der Waals surface area contributed by atoms with Crippen molar-refractivity contribution in [1.82, 2.24) is 4.90 Å². The molecule has 0 bridgehead atoms. The van der Waals surface area contributed by atoms with E-state index in [-0.39, 0.29) is 0 Å². The Kier molecular flexibility index (Phi) is 13.8. The molecule has 0 aromatic carbocycles. The van der Waals surface area contributed by atoms with Crippen LogP contribution in [0.5, 0.6) is 0 Å². The SMILES string of the molecule is CC.CC1CCN(C)CC1.CCl. The van der Waals surface area contributed by atoms with Gasteiger partial charge in [0.15, 0.2) is 0 Å². The van der Waals surface area contributed by atoms with Gasteiger partial charge in [-0.1, -0.05) is 20.8 Å². The Hall–Kier alpha value is 0.250. The van der Waals surface area contributed by atoms with Crippen molar-refractivity contribution in [3.05, 3.63) is 0 Å². The molecular formula is C10H24ClN. The highest BCUT2D eigenvalue weighted by molar-refractivity contribution is 6.15. The van der Waals surface area contributed by atoms with Crippen molar-refractivity contribution in [3.8, 4) is 0 Å². The maximum absolute atomic E-state index is 4.64. The van der Waals surface area contributed by atoms with Crippen LogP contribution in [0.1, 0.15) is 33.6 Å². The van der Waals surface area contributed by atoms with Crippen LogP contribution in [-0.2, 0) is 0 Å². The van der Waals surface area contributed by atoms with Gasteiger partial charge in [-0.25, -0.2) is 0 Å². The molecule has 0 atom stereocenters. The Labute approximate surface area is 83.1 Å². The zero-order chi connectivity index (χ0) is 9.98. The Morgan fingerprint density at radius 1 is 1.08 bits per heavy atom. The van der Waals surface area contributed by atoms with E-state index in [0.29, 0.717) is 0 Å². The number of rotatable bonds is 0. The molecule has 0 aliphatic carbocycles. The molecule has 2 heteroatoms. The van der Waals surface area contributed by atoms with Crippen molar-refractivity contribution in [2.24, 2.45) is 5.92 Å². The van der Waals surface area contributed by atoms with Gasteiger partial charge in [0.2, 0.25) is 0 Å². The quantitative estimate of drug-likeness (QED) is 0.534. The first-order valence-corrected chi connectivity index (χ1v) is 5.61. The number of likely N-dealkylation sites (tertiary alicyclic amines) is 1. The molecule has 1 rings (SSSR count). The van der Waals surface area contributed by atoms with Crippen molar-refractivity contribution >= 4 is 11.6 Å². The molecule has 1 aliphatic rings. The molecule has 0 amide bonds. The monoisotopic (exact) mass is 193 g/mol. The average molecular weight is 194 g/mol. The van der Waals surface area contributed by atoms with E-state index < -0.39 is 0 Å². The van der Waals surface area contributed by atoms with Crippen LogP contribution in [-0.4, -0.2) is 31.4 Å². The van der Waals surface area contributed by atoms with Gasteiger partial charge in [0, 0.05) is 6.38 Å². The van der Waals surface area contributed by atoms with Gasteiger partial charge in [0.05, 0.1) is 0 Å². The summed E-state index contributed by atoms with van der Waals surface area (Å²) in [6.07, 6.45) is 4.27. The van der Waals surface area contributed by atoms with E-state index >= 15 is 0 Å². The second kappa shape index (κ2) is 11.2. The molecular weight excluding hydrogens is 170 g/mol. The molecule has 12 heavy (non-hydrogen) atoms. The summed E-state index contributed by atoms with van der Waals surface area (Å²) in [4.78, 5) is 2.40. The molecule has 0 saturated carbocycles. The second-order valence-corrected chi connectivity index (χ2v) is 2.99. The molecule has 0 radical (unpaired) electrons. The van der Waals surface area contributed by atoms with Gasteiger partial charge in [-0.3, -0.25) is 0 Å². The molecule has 1 fully saturated rings. The van der Waals surface area contributed by atoms with E-state index in [1.165, 1.54) is 32.3 Å². The number of piperidine rings is 1. The van der Waals surface area contributed by atoms with Crippen LogP contribution in [0.2, 0.25) is 0 Å². The van der Waals surface area contributed by atoms with Crippen LogP contribution in [0.25, 0.3) is 0 Å². The number of hydrogen-bond donors (Lipinski definition) is 0. The molecule has 76 valence electrons. The maximum atomic E-state index is 4.64. The maximum Gasteiger partial charge on any atom is 0.0108 e. The highest BCUT2D eigenvalue weighted by Gasteiger charge is 2.10. The normalized spacial score (nSPS) is 18.5. The highest BCUT2D eigenvalue weighted by atomic mass is 35.5. The van der Waals surface area contributed by atoms with E-state index in [2.05, 4.69) is 30.5 Å². The predicted molar refractivity (Wildman–Crippen MR) is 59.0 cm³/mol. The van der Waals surface area contributed by atoms with Crippen LogP contribution >= 0.6 is 11.6 Å². The molecule has 1 heterocycles. The van der Waals surface area contributed by atoms with Gasteiger partial charge in [0.1, 0.15) is 0 Å². The van der Waals surface area contributed by atoms with Crippen molar-refractivity contribution in [2.75, 3.05) is 26.5 Å². The molecule has 1 nitrogen and oxygen atoms in total. The van der Waals surface area contributed by atoms with Gasteiger partial charge in [-0.15, -0.1) is 11.6 Å². The van der Waals surface area contributed by atoms with E-state index in [1.54, 1.807) is 0 Å². The van der Waals surface area contributed by atoms with E-state index in [0.717, 1.165) is 5.92 Å². The molecule has 0 unspecified atom stereocenters.